The minimum atomic E-state index is -0.347. The molecule has 1 saturated carbocycles. The van der Waals surface area contributed by atoms with Crippen molar-refractivity contribution < 1.29 is 9.53 Å². The standard InChI is InChI=1S/C14H23N3O2/c1-4-10-5-7-11(8-6-10)19-14(18)13-12(15)9(2)16-17(13)3/h10-11H,4-8,15H2,1-3H3. The van der Waals surface area contributed by atoms with E-state index in [0.717, 1.165) is 31.6 Å². The van der Waals surface area contributed by atoms with Crippen LogP contribution in [0.4, 0.5) is 5.69 Å². The average molecular weight is 265 g/mol. The van der Waals surface area contributed by atoms with Crippen molar-refractivity contribution in [3.63, 3.8) is 0 Å². The minimum Gasteiger partial charge on any atom is -0.458 e. The summed E-state index contributed by atoms with van der Waals surface area (Å²) in [5.74, 6) is 0.444. The zero-order valence-corrected chi connectivity index (χ0v) is 12.0. The number of hydrogen-bond acceptors (Lipinski definition) is 4. The van der Waals surface area contributed by atoms with E-state index in [9.17, 15) is 4.79 Å². The predicted octanol–water partition coefficient (Wildman–Crippen LogP) is 2.44. The zero-order chi connectivity index (χ0) is 14.0. The number of anilines is 1. The Morgan fingerprint density at radius 2 is 2.05 bits per heavy atom. The molecule has 1 aliphatic rings. The van der Waals surface area contributed by atoms with E-state index in [0.29, 0.717) is 17.1 Å². The van der Waals surface area contributed by atoms with Crippen LogP contribution in [0.15, 0.2) is 0 Å². The van der Waals surface area contributed by atoms with Crippen LogP contribution in [0.1, 0.15) is 55.2 Å². The van der Waals surface area contributed by atoms with E-state index in [1.165, 1.54) is 11.1 Å². The highest BCUT2D eigenvalue weighted by atomic mass is 16.5. The van der Waals surface area contributed by atoms with E-state index in [-0.39, 0.29) is 12.1 Å². The molecule has 1 fully saturated rings. The van der Waals surface area contributed by atoms with Crippen molar-refractivity contribution in [1.82, 2.24) is 9.78 Å². The number of hydrogen-bond donors (Lipinski definition) is 1. The molecule has 0 atom stereocenters. The molecule has 0 aliphatic heterocycles. The SMILES string of the molecule is CCC1CCC(OC(=O)c2c(N)c(C)nn2C)CC1. The third-order valence-electron chi connectivity index (χ3n) is 4.11. The van der Waals surface area contributed by atoms with Crippen molar-refractivity contribution in [3.05, 3.63) is 11.4 Å². The van der Waals surface area contributed by atoms with Gasteiger partial charge in [-0.05, 0) is 38.5 Å². The van der Waals surface area contributed by atoms with Gasteiger partial charge in [-0.2, -0.15) is 5.10 Å². The molecule has 1 aromatic rings. The molecule has 106 valence electrons. The molecule has 0 bridgehead atoms. The predicted molar refractivity (Wildman–Crippen MR) is 73.8 cm³/mol. The highest BCUT2D eigenvalue weighted by Gasteiger charge is 2.26. The summed E-state index contributed by atoms with van der Waals surface area (Å²) in [5, 5.41) is 4.14. The molecule has 2 rings (SSSR count). The van der Waals surface area contributed by atoms with Gasteiger partial charge >= 0.3 is 5.97 Å². The molecule has 0 saturated heterocycles. The number of nitrogen functional groups attached to an aromatic ring is 1. The molecular formula is C14H23N3O2. The number of aryl methyl sites for hydroxylation is 2. The molecule has 0 radical (unpaired) electrons. The van der Waals surface area contributed by atoms with Gasteiger partial charge in [-0.3, -0.25) is 4.68 Å². The van der Waals surface area contributed by atoms with Crippen LogP contribution in [0, 0.1) is 12.8 Å². The number of nitrogens with two attached hydrogens (primary N) is 1. The first-order valence-corrected chi connectivity index (χ1v) is 7.03. The summed E-state index contributed by atoms with van der Waals surface area (Å²) in [5.41, 5.74) is 7.34. The Labute approximate surface area is 114 Å². The van der Waals surface area contributed by atoms with E-state index >= 15 is 0 Å². The molecule has 0 spiro atoms. The third-order valence-corrected chi connectivity index (χ3v) is 4.11. The topological polar surface area (TPSA) is 70.1 Å². The lowest BCUT2D eigenvalue weighted by Crippen LogP contribution is -2.25. The Bertz CT molecular complexity index is 460. The van der Waals surface area contributed by atoms with Crippen LogP contribution in [0.2, 0.25) is 0 Å². The quantitative estimate of drug-likeness (QED) is 0.852. The van der Waals surface area contributed by atoms with Gasteiger partial charge < -0.3 is 10.5 Å². The second-order valence-corrected chi connectivity index (χ2v) is 5.43. The van der Waals surface area contributed by atoms with Gasteiger partial charge in [-0.15, -0.1) is 0 Å². The van der Waals surface area contributed by atoms with Gasteiger partial charge in [-0.1, -0.05) is 13.3 Å². The molecule has 1 heterocycles. The number of aromatic nitrogens is 2. The van der Waals surface area contributed by atoms with Gasteiger partial charge in [0.05, 0.1) is 11.4 Å². The van der Waals surface area contributed by atoms with Crippen LogP contribution in [0.3, 0.4) is 0 Å². The van der Waals surface area contributed by atoms with Gasteiger partial charge in [0.25, 0.3) is 0 Å². The number of ether oxygens (including phenoxy) is 1. The maximum Gasteiger partial charge on any atom is 0.359 e. The normalized spacial score (nSPS) is 23.3. The zero-order valence-electron chi connectivity index (χ0n) is 12.0. The highest BCUT2D eigenvalue weighted by Crippen LogP contribution is 2.29. The first-order valence-electron chi connectivity index (χ1n) is 7.03. The molecule has 0 amide bonds. The van der Waals surface area contributed by atoms with Gasteiger partial charge in [0.1, 0.15) is 6.10 Å². The lowest BCUT2D eigenvalue weighted by Gasteiger charge is -2.27. The Kier molecular flexibility index (Phi) is 4.12. The van der Waals surface area contributed by atoms with Crippen molar-refractivity contribution >= 4 is 11.7 Å². The van der Waals surface area contributed by atoms with Crippen molar-refractivity contribution in [3.8, 4) is 0 Å². The Hall–Kier alpha value is -1.52. The summed E-state index contributed by atoms with van der Waals surface area (Å²) in [6.45, 7) is 4.01. The number of carbonyl (C=O) groups excluding carboxylic acids is 1. The minimum absolute atomic E-state index is 0.0323. The summed E-state index contributed by atoms with van der Waals surface area (Å²) >= 11 is 0. The molecule has 0 unspecified atom stereocenters. The first-order chi connectivity index (χ1) is 9.02. The molecule has 5 nitrogen and oxygen atoms in total. The number of carbonyl (C=O) groups is 1. The fourth-order valence-corrected chi connectivity index (χ4v) is 2.78. The van der Waals surface area contributed by atoms with Gasteiger partial charge in [0.2, 0.25) is 0 Å². The number of rotatable bonds is 3. The fraction of sp³-hybridized carbons (Fsp3) is 0.714. The summed E-state index contributed by atoms with van der Waals surface area (Å²) in [6, 6.07) is 0. The number of esters is 1. The van der Waals surface area contributed by atoms with E-state index in [1.54, 1.807) is 14.0 Å². The van der Waals surface area contributed by atoms with E-state index in [1.807, 2.05) is 0 Å². The van der Waals surface area contributed by atoms with Crippen LogP contribution in [-0.4, -0.2) is 21.9 Å². The second-order valence-electron chi connectivity index (χ2n) is 5.43. The monoisotopic (exact) mass is 265 g/mol. The van der Waals surface area contributed by atoms with Crippen LogP contribution >= 0.6 is 0 Å². The molecular weight excluding hydrogens is 242 g/mol. The van der Waals surface area contributed by atoms with Gasteiger partial charge in [-0.25, -0.2) is 4.79 Å². The first kappa shape index (κ1) is 13.9. The average Bonchev–Trinajstić information content (AvgIpc) is 2.64. The van der Waals surface area contributed by atoms with Crippen molar-refractivity contribution in [2.24, 2.45) is 13.0 Å². The Morgan fingerprint density at radius 3 is 2.53 bits per heavy atom. The summed E-state index contributed by atoms with van der Waals surface area (Å²) < 4.78 is 7.07. The molecule has 1 aromatic heterocycles. The van der Waals surface area contributed by atoms with Crippen molar-refractivity contribution in [2.45, 2.75) is 52.1 Å². The van der Waals surface area contributed by atoms with Crippen LogP contribution in [0.5, 0.6) is 0 Å². The smallest absolute Gasteiger partial charge is 0.359 e. The highest BCUT2D eigenvalue weighted by molar-refractivity contribution is 5.93. The Balaban J connectivity index is 1.98. The largest absolute Gasteiger partial charge is 0.458 e. The lowest BCUT2D eigenvalue weighted by atomic mass is 9.86. The van der Waals surface area contributed by atoms with E-state index in [4.69, 9.17) is 10.5 Å². The number of nitrogens with zero attached hydrogens (tertiary/aromatic N) is 2. The van der Waals surface area contributed by atoms with Crippen molar-refractivity contribution in [1.29, 1.82) is 0 Å². The van der Waals surface area contributed by atoms with Crippen LogP contribution in [0.25, 0.3) is 0 Å². The molecule has 0 aromatic carbocycles. The molecule has 2 N–H and O–H groups in total. The summed E-state index contributed by atoms with van der Waals surface area (Å²) in [6.07, 6.45) is 5.46. The maximum absolute atomic E-state index is 12.2. The maximum atomic E-state index is 12.2. The Morgan fingerprint density at radius 1 is 1.42 bits per heavy atom. The second kappa shape index (κ2) is 5.63. The molecule has 19 heavy (non-hydrogen) atoms. The van der Waals surface area contributed by atoms with E-state index in [2.05, 4.69) is 12.0 Å². The van der Waals surface area contributed by atoms with Crippen molar-refractivity contribution in [2.75, 3.05) is 5.73 Å². The van der Waals surface area contributed by atoms with Crippen LogP contribution in [-0.2, 0) is 11.8 Å². The summed E-state index contributed by atoms with van der Waals surface area (Å²) in [7, 11) is 1.72. The summed E-state index contributed by atoms with van der Waals surface area (Å²) in [4.78, 5) is 12.2. The third kappa shape index (κ3) is 2.91. The van der Waals surface area contributed by atoms with Crippen LogP contribution < -0.4 is 5.73 Å². The van der Waals surface area contributed by atoms with Gasteiger partial charge in [0.15, 0.2) is 5.69 Å². The molecule has 1 aliphatic carbocycles. The van der Waals surface area contributed by atoms with Gasteiger partial charge in [0, 0.05) is 7.05 Å². The molecule has 5 heteroatoms. The van der Waals surface area contributed by atoms with E-state index < -0.39 is 0 Å². The lowest BCUT2D eigenvalue weighted by molar-refractivity contribution is 0.0154. The fourth-order valence-electron chi connectivity index (χ4n) is 2.78.